The van der Waals surface area contributed by atoms with Crippen LogP contribution in [0.3, 0.4) is 0 Å². The molecule has 130 valence electrons. The number of carbonyl (C=O) groups is 2. The number of nitrogens with zero attached hydrogens (tertiary/aromatic N) is 1. The molecule has 0 radical (unpaired) electrons. The van der Waals surface area contributed by atoms with Crippen molar-refractivity contribution < 1.29 is 23.6 Å². The fraction of sp³-hybridized carbons (Fsp3) is 0.176. The molecule has 0 fully saturated rings. The second-order valence-corrected chi connectivity index (χ2v) is 5.19. The van der Waals surface area contributed by atoms with E-state index in [4.69, 9.17) is 0 Å². The van der Waals surface area contributed by atoms with Crippen LogP contribution in [0, 0.1) is 15.9 Å². The predicted molar refractivity (Wildman–Crippen MR) is 86.5 cm³/mol. The van der Waals surface area contributed by atoms with Gasteiger partial charge in [-0.15, -0.1) is 0 Å². The molecule has 1 atom stereocenters. The van der Waals surface area contributed by atoms with Crippen molar-refractivity contribution in [2.45, 2.75) is 12.5 Å². The van der Waals surface area contributed by atoms with Crippen molar-refractivity contribution in [2.75, 3.05) is 7.11 Å². The summed E-state index contributed by atoms with van der Waals surface area (Å²) in [4.78, 5) is 34.4. The molecule has 0 aromatic heterocycles. The first-order valence-electron chi connectivity index (χ1n) is 7.28. The van der Waals surface area contributed by atoms with Crippen LogP contribution >= 0.6 is 0 Å². The maximum absolute atomic E-state index is 13.0. The highest BCUT2D eigenvalue weighted by molar-refractivity contribution is 5.97. The summed E-state index contributed by atoms with van der Waals surface area (Å²) in [6.07, 6.45) is 0.0909. The largest absolute Gasteiger partial charge is 0.467 e. The smallest absolute Gasteiger partial charge is 0.328 e. The van der Waals surface area contributed by atoms with Crippen LogP contribution in [-0.4, -0.2) is 30.0 Å². The molecule has 2 aromatic rings. The second-order valence-electron chi connectivity index (χ2n) is 5.19. The highest BCUT2D eigenvalue weighted by Crippen LogP contribution is 2.14. The highest BCUT2D eigenvalue weighted by Gasteiger charge is 2.23. The van der Waals surface area contributed by atoms with Gasteiger partial charge >= 0.3 is 5.97 Å². The first kappa shape index (κ1) is 18.1. The first-order chi connectivity index (χ1) is 11.9. The number of methoxy groups -OCH3 is 1. The van der Waals surface area contributed by atoms with Gasteiger partial charge in [0.1, 0.15) is 11.9 Å². The van der Waals surface area contributed by atoms with Crippen molar-refractivity contribution >= 4 is 17.6 Å². The van der Waals surface area contributed by atoms with Crippen LogP contribution < -0.4 is 5.32 Å². The monoisotopic (exact) mass is 346 g/mol. The van der Waals surface area contributed by atoms with Crippen LogP contribution in [0.15, 0.2) is 48.5 Å². The number of ether oxygens (including phenoxy) is 1. The quantitative estimate of drug-likeness (QED) is 0.491. The zero-order valence-corrected chi connectivity index (χ0v) is 13.3. The van der Waals surface area contributed by atoms with Gasteiger partial charge in [-0.3, -0.25) is 14.9 Å². The number of nitrogens with one attached hydrogen (secondary N) is 1. The summed E-state index contributed by atoms with van der Waals surface area (Å²) in [6.45, 7) is 0. The molecule has 0 spiro atoms. The summed E-state index contributed by atoms with van der Waals surface area (Å²) in [7, 11) is 1.18. The molecular weight excluding hydrogens is 331 g/mol. The van der Waals surface area contributed by atoms with E-state index in [9.17, 15) is 24.1 Å². The molecule has 1 N–H and O–H groups in total. The molecule has 25 heavy (non-hydrogen) atoms. The molecule has 0 saturated heterocycles. The van der Waals surface area contributed by atoms with Gasteiger partial charge in [0, 0.05) is 24.1 Å². The average Bonchev–Trinajstić information content (AvgIpc) is 2.62. The van der Waals surface area contributed by atoms with E-state index in [0.29, 0.717) is 5.56 Å². The summed E-state index contributed by atoms with van der Waals surface area (Å²) in [5, 5.41) is 13.3. The lowest BCUT2D eigenvalue weighted by Gasteiger charge is -2.16. The first-order valence-corrected chi connectivity index (χ1v) is 7.28. The lowest BCUT2D eigenvalue weighted by atomic mass is 10.1. The molecule has 0 aliphatic heterocycles. The van der Waals surface area contributed by atoms with E-state index >= 15 is 0 Å². The molecule has 0 unspecified atom stereocenters. The minimum absolute atomic E-state index is 0.0437. The highest BCUT2D eigenvalue weighted by atomic mass is 19.1. The summed E-state index contributed by atoms with van der Waals surface area (Å²) in [6, 6.07) is 9.60. The number of hydrogen-bond donors (Lipinski definition) is 1. The summed E-state index contributed by atoms with van der Waals surface area (Å²) >= 11 is 0. The van der Waals surface area contributed by atoms with Crippen molar-refractivity contribution in [2.24, 2.45) is 0 Å². The van der Waals surface area contributed by atoms with Gasteiger partial charge in [0.05, 0.1) is 12.0 Å². The predicted octanol–water partition coefficient (Wildman–Crippen LogP) is 2.25. The van der Waals surface area contributed by atoms with Crippen molar-refractivity contribution in [3.63, 3.8) is 0 Å². The molecule has 0 heterocycles. The van der Waals surface area contributed by atoms with Crippen LogP contribution in [0.1, 0.15) is 15.9 Å². The Kier molecular flexibility index (Phi) is 5.78. The third kappa shape index (κ3) is 4.84. The Bertz CT molecular complexity index is 792. The van der Waals surface area contributed by atoms with Crippen LogP contribution in [-0.2, 0) is 16.0 Å². The van der Waals surface area contributed by atoms with Gasteiger partial charge in [0.25, 0.3) is 11.6 Å². The molecule has 7 nitrogen and oxygen atoms in total. The molecule has 0 saturated carbocycles. The average molecular weight is 346 g/mol. The maximum atomic E-state index is 13.0. The molecule has 2 aromatic carbocycles. The Morgan fingerprint density at radius 1 is 1.24 bits per heavy atom. The Labute approximate surface area is 142 Å². The lowest BCUT2D eigenvalue weighted by Crippen LogP contribution is -2.43. The Hall–Kier alpha value is -3.29. The minimum Gasteiger partial charge on any atom is -0.467 e. The number of esters is 1. The topological polar surface area (TPSA) is 98.5 Å². The van der Waals surface area contributed by atoms with Gasteiger partial charge in [-0.2, -0.15) is 0 Å². The summed E-state index contributed by atoms with van der Waals surface area (Å²) in [5.74, 6) is -1.75. The van der Waals surface area contributed by atoms with Crippen LogP contribution in [0.25, 0.3) is 0 Å². The molecule has 0 aliphatic carbocycles. The second kappa shape index (κ2) is 8.00. The standard InChI is InChI=1S/C17H15FN2O5/c1-25-17(22)15(9-11-5-7-13(18)8-6-11)19-16(21)12-3-2-4-14(10-12)20(23)24/h2-8,10,15H,9H2,1H3,(H,19,21)/t15-/m0/s1. The maximum Gasteiger partial charge on any atom is 0.328 e. The van der Waals surface area contributed by atoms with Gasteiger partial charge in [0.2, 0.25) is 0 Å². The van der Waals surface area contributed by atoms with E-state index < -0.39 is 28.7 Å². The number of benzene rings is 2. The SMILES string of the molecule is COC(=O)[C@H](Cc1ccc(F)cc1)NC(=O)c1cccc([N+](=O)[O-])c1. The van der Waals surface area contributed by atoms with E-state index in [0.717, 1.165) is 6.07 Å². The Balaban J connectivity index is 2.17. The lowest BCUT2D eigenvalue weighted by molar-refractivity contribution is -0.384. The van der Waals surface area contributed by atoms with E-state index in [-0.39, 0.29) is 17.7 Å². The van der Waals surface area contributed by atoms with Gasteiger partial charge in [0.15, 0.2) is 0 Å². The number of amides is 1. The molecular formula is C17H15FN2O5. The van der Waals surface area contributed by atoms with Crippen LogP contribution in [0.4, 0.5) is 10.1 Å². The molecule has 8 heteroatoms. The third-order valence-corrected chi connectivity index (χ3v) is 3.46. The molecule has 1 amide bonds. The zero-order chi connectivity index (χ0) is 18.4. The van der Waals surface area contributed by atoms with Gasteiger partial charge in [-0.05, 0) is 23.8 Å². The van der Waals surface area contributed by atoms with Gasteiger partial charge in [-0.25, -0.2) is 9.18 Å². The van der Waals surface area contributed by atoms with Gasteiger partial charge in [-0.1, -0.05) is 18.2 Å². The third-order valence-electron chi connectivity index (χ3n) is 3.46. The van der Waals surface area contributed by atoms with Gasteiger partial charge < -0.3 is 10.1 Å². The zero-order valence-electron chi connectivity index (χ0n) is 13.3. The fourth-order valence-corrected chi connectivity index (χ4v) is 2.19. The minimum atomic E-state index is -1.01. The number of nitro groups is 1. The number of non-ortho nitro benzene ring substituents is 1. The van der Waals surface area contributed by atoms with E-state index in [1.54, 1.807) is 0 Å². The van der Waals surface area contributed by atoms with Crippen molar-refractivity contribution in [1.29, 1.82) is 0 Å². The Morgan fingerprint density at radius 3 is 2.52 bits per heavy atom. The number of nitro benzene ring substituents is 1. The number of hydrogen-bond acceptors (Lipinski definition) is 5. The molecule has 2 rings (SSSR count). The summed E-state index contributed by atoms with van der Waals surface area (Å²) in [5.41, 5.74) is 0.430. The summed E-state index contributed by atoms with van der Waals surface area (Å²) < 4.78 is 17.6. The molecule has 0 bridgehead atoms. The van der Waals surface area contributed by atoms with Crippen LogP contribution in [0.5, 0.6) is 0 Å². The van der Waals surface area contributed by atoms with Crippen LogP contribution in [0.2, 0.25) is 0 Å². The van der Waals surface area contributed by atoms with E-state index in [2.05, 4.69) is 10.1 Å². The fourth-order valence-electron chi connectivity index (χ4n) is 2.19. The Morgan fingerprint density at radius 2 is 1.92 bits per heavy atom. The normalized spacial score (nSPS) is 11.4. The number of rotatable bonds is 6. The molecule has 0 aliphatic rings. The van der Waals surface area contributed by atoms with Crippen molar-refractivity contribution in [3.05, 3.63) is 75.6 Å². The van der Waals surface area contributed by atoms with E-state index in [1.165, 1.54) is 49.6 Å². The number of halogens is 1. The van der Waals surface area contributed by atoms with Crippen molar-refractivity contribution in [1.82, 2.24) is 5.32 Å². The van der Waals surface area contributed by atoms with E-state index in [1.807, 2.05) is 0 Å². The number of carbonyl (C=O) groups excluding carboxylic acids is 2. The van der Waals surface area contributed by atoms with Crippen molar-refractivity contribution in [3.8, 4) is 0 Å².